The van der Waals surface area contributed by atoms with Crippen LogP contribution in [-0.4, -0.2) is 23.2 Å². The molecule has 4 aromatic rings. The number of halogens is 5. The summed E-state index contributed by atoms with van der Waals surface area (Å²) in [5.41, 5.74) is 0.711. The number of benzene rings is 3. The molecule has 0 saturated carbocycles. The second-order valence-electron chi connectivity index (χ2n) is 9.19. The number of aromatic nitrogens is 1. The molecule has 9 heteroatoms. The zero-order valence-electron chi connectivity index (χ0n) is 21.2. The van der Waals surface area contributed by atoms with Gasteiger partial charge in [0.25, 0.3) is 0 Å². The Kier molecular flexibility index (Phi) is 7.83. The van der Waals surface area contributed by atoms with Gasteiger partial charge in [0.2, 0.25) is 0 Å². The summed E-state index contributed by atoms with van der Waals surface area (Å²) in [4.78, 5) is 18.0. The largest absolute Gasteiger partial charge is 0.465 e. The van der Waals surface area contributed by atoms with E-state index in [9.17, 15) is 31.9 Å². The summed E-state index contributed by atoms with van der Waals surface area (Å²) >= 11 is 0. The fraction of sp³-hybridized carbons (Fsp3) is 0.200. The van der Waals surface area contributed by atoms with Gasteiger partial charge in [-0.1, -0.05) is 38.1 Å². The summed E-state index contributed by atoms with van der Waals surface area (Å²) < 4.78 is 72.2. The van der Waals surface area contributed by atoms with Crippen molar-refractivity contribution in [2.75, 3.05) is 7.11 Å². The second kappa shape index (κ2) is 10.9. The minimum Gasteiger partial charge on any atom is -0.465 e. The average molecular weight is 542 g/mol. The summed E-state index contributed by atoms with van der Waals surface area (Å²) in [7, 11) is 1.16. The highest BCUT2D eigenvalue weighted by atomic mass is 19.4. The number of ether oxygens (including phenoxy) is 1. The number of carbonyl (C=O) groups is 1. The van der Waals surface area contributed by atoms with Crippen molar-refractivity contribution in [3.05, 3.63) is 112 Å². The van der Waals surface area contributed by atoms with Crippen LogP contribution in [0.3, 0.4) is 0 Å². The SMILES string of the molecule is COC(=O)c1c(-c2ccc(F)cc2)nc(C(C)C)c(C(O)c2ccc(C(F)(F)F)cc2)c1-c1ccc(F)cc1. The van der Waals surface area contributed by atoms with Crippen LogP contribution in [0.4, 0.5) is 22.0 Å². The van der Waals surface area contributed by atoms with Crippen molar-refractivity contribution in [2.24, 2.45) is 0 Å². The molecule has 1 heterocycles. The summed E-state index contributed by atoms with van der Waals surface area (Å²) in [6.07, 6.45) is -6.08. The summed E-state index contributed by atoms with van der Waals surface area (Å²) in [5, 5.41) is 11.6. The molecule has 0 bridgehead atoms. The third-order valence-corrected chi connectivity index (χ3v) is 6.28. The number of hydrogen-bond donors (Lipinski definition) is 1. The van der Waals surface area contributed by atoms with E-state index in [1.54, 1.807) is 13.8 Å². The quantitative estimate of drug-likeness (QED) is 0.201. The van der Waals surface area contributed by atoms with Gasteiger partial charge in [0, 0.05) is 16.7 Å². The number of esters is 1. The van der Waals surface area contributed by atoms with Gasteiger partial charge in [0.1, 0.15) is 17.7 Å². The van der Waals surface area contributed by atoms with E-state index in [2.05, 4.69) is 0 Å². The molecular formula is C30H24F5NO3. The van der Waals surface area contributed by atoms with E-state index in [4.69, 9.17) is 9.72 Å². The average Bonchev–Trinajstić information content (AvgIpc) is 2.91. The van der Waals surface area contributed by atoms with Gasteiger partial charge in [-0.05, 0) is 65.6 Å². The first kappa shape index (κ1) is 27.9. The third kappa shape index (κ3) is 5.68. The maximum absolute atomic E-state index is 13.9. The van der Waals surface area contributed by atoms with Crippen molar-refractivity contribution < 1.29 is 36.6 Å². The Morgan fingerprint density at radius 3 is 1.82 bits per heavy atom. The first-order valence-corrected chi connectivity index (χ1v) is 12.0. The molecule has 4 rings (SSSR count). The van der Waals surface area contributed by atoms with Gasteiger partial charge in [-0.15, -0.1) is 0 Å². The van der Waals surface area contributed by atoms with Gasteiger partial charge in [-0.3, -0.25) is 4.98 Å². The summed E-state index contributed by atoms with van der Waals surface area (Å²) in [5.74, 6) is -2.21. The second-order valence-corrected chi connectivity index (χ2v) is 9.19. The first-order chi connectivity index (χ1) is 18.4. The predicted octanol–water partition coefficient (Wildman–Crippen LogP) is 7.70. The van der Waals surface area contributed by atoms with Crippen molar-refractivity contribution >= 4 is 5.97 Å². The van der Waals surface area contributed by atoms with Crippen LogP contribution in [0.5, 0.6) is 0 Å². The van der Waals surface area contributed by atoms with E-state index < -0.39 is 35.4 Å². The lowest BCUT2D eigenvalue weighted by Gasteiger charge is -2.26. The Morgan fingerprint density at radius 1 is 0.846 bits per heavy atom. The number of hydrogen-bond acceptors (Lipinski definition) is 4. The van der Waals surface area contributed by atoms with Gasteiger partial charge < -0.3 is 9.84 Å². The van der Waals surface area contributed by atoms with Gasteiger partial charge in [-0.25, -0.2) is 13.6 Å². The molecule has 0 aliphatic carbocycles. The van der Waals surface area contributed by atoms with E-state index in [1.165, 1.54) is 48.5 Å². The van der Waals surface area contributed by atoms with Crippen molar-refractivity contribution in [1.29, 1.82) is 0 Å². The Hall–Kier alpha value is -4.11. The molecule has 1 aromatic heterocycles. The van der Waals surface area contributed by atoms with Crippen LogP contribution < -0.4 is 0 Å². The highest BCUT2D eigenvalue weighted by molar-refractivity contribution is 6.04. The fourth-order valence-electron chi connectivity index (χ4n) is 4.39. The van der Waals surface area contributed by atoms with Crippen LogP contribution in [0.1, 0.15) is 58.6 Å². The van der Waals surface area contributed by atoms with Crippen molar-refractivity contribution in [1.82, 2.24) is 4.98 Å². The smallest absolute Gasteiger partial charge is 0.416 e. The van der Waals surface area contributed by atoms with Crippen LogP contribution in [-0.2, 0) is 10.9 Å². The zero-order valence-corrected chi connectivity index (χ0v) is 21.2. The molecular weight excluding hydrogens is 517 g/mol. The van der Waals surface area contributed by atoms with Gasteiger partial charge in [-0.2, -0.15) is 13.2 Å². The minimum absolute atomic E-state index is 0.0684. The Bertz CT molecular complexity index is 1480. The van der Waals surface area contributed by atoms with Crippen LogP contribution >= 0.6 is 0 Å². The Morgan fingerprint density at radius 2 is 1.36 bits per heavy atom. The molecule has 0 aliphatic rings. The maximum Gasteiger partial charge on any atom is 0.416 e. The first-order valence-electron chi connectivity index (χ1n) is 12.0. The molecule has 0 radical (unpaired) electrons. The van der Waals surface area contributed by atoms with Crippen molar-refractivity contribution in [3.63, 3.8) is 0 Å². The lowest BCUT2D eigenvalue weighted by Crippen LogP contribution is -2.17. The maximum atomic E-state index is 13.9. The topological polar surface area (TPSA) is 59.4 Å². The number of aliphatic hydroxyl groups excluding tert-OH is 1. The standard InChI is InChI=1S/C30H24F5NO3/c1-16(2)26-24(28(37)19-4-10-20(11-5-19)30(33,34)35)23(17-6-12-21(31)13-7-17)25(29(38)39-3)27(36-26)18-8-14-22(32)15-9-18/h4-16,28,37H,1-3H3. The van der Waals surface area contributed by atoms with Crippen LogP contribution in [0.15, 0.2) is 72.8 Å². The molecule has 3 aromatic carbocycles. The van der Waals surface area contributed by atoms with Crippen molar-refractivity contribution in [2.45, 2.75) is 32.0 Å². The lowest BCUT2D eigenvalue weighted by atomic mass is 9.84. The number of nitrogens with zero attached hydrogens (tertiary/aromatic N) is 1. The summed E-state index contributed by atoms with van der Waals surface area (Å²) in [6.45, 7) is 3.60. The molecule has 0 amide bonds. The highest BCUT2D eigenvalue weighted by Gasteiger charge is 2.33. The van der Waals surface area contributed by atoms with Crippen LogP contribution in [0.25, 0.3) is 22.4 Å². The minimum atomic E-state index is -4.57. The number of pyridine rings is 1. The zero-order chi connectivity index (χ0) is 28.5. The van der Waals surface area contributed by atoms with Gasteiger partial charge >= 0.3 is 12.1 Å². The van der Waals surface area contributed by atoms with E-state index in [0.717, 1.165) is 31.4 Å². The van der Waals surface area contributed by atoms with E-state index in [-0.39, 0.29) is 33.9 Å². The molecule has 0 aliphatic heterocycles. The third-order valence-electron chi connectivity index (χ3n) is 6.28. The number of rotatable bonds is 6. The van der Waals surface area contributed by atoms with Crippen LogP contribution in [0.2, 0.25) is 0 Å². The molecule has 0 saturated heterocycles. The number of carbonyl (C=O) groups excluding carboxylic acids is 1. The van der Waals surface area contributed by atoms with Gasteiger partial charge in [0.05, 0.1) is 29.6 Å². The summed E-state index contributed by atoms with van der Waals surface area (Å²) in [6, 6.07) is 14.5. The molecule has 1 unspecified atom stereocenters. The lowest BCUT2D eigenvalue weighted by molar-refractivity contribution is -0.137. The van der Waals surface area contributed by atoms with E-state index in [1.807, 2.05) is 0 Å². The Balaban J connectivity index is 2.10. The predicted molar refractivity (Wildman–Crippen MR) is 136 cm³/mol. The number of aliphatic hydroxyl groups is 1. The molecule has 1 atom stereocenters. The monoisotopic (exact) mass is 541 g/mol. The highest BCUT2D eigenvalue weighted by Crippen LogP contribution is 2.43. The fourth-order valence-corrected chi connectivity index (χ4v) is 4.39. The van der Waals surface area contributed by atoms with Gasteiger partial charge in [0.15, 0.2) is 0 Å². The molecule has 0 spiro atoms. The van der Waals surface area contributed by atoms with Crippen molar-refractivity contribution in [3.8, 4) is 22.4 Å². The normalized spacial score (nSPS) is 12.5. The molecule has 202 valence electrons. The molecule has 4 nitrogen and oxygen atoms in total. The van der Waals surface area contributed by atoms with E-state index >= 15 is 0 Å². The molecule has 39 heavy (non-hydrogen) atoms. The molecule has 0 fully saturated rings. The molecule has 1 N–H and O–H groups in total. The van der Waals surface area contributed by atoms with E-state index in [0.29, 0.717) is 16.8 Å². The Labute approximate surface area is 221 Å². The van der Waals surface area contributed by atoms with Crippen LogP contribution in [0, 0.1) is 11.6 Å². The number of methoxy groups -OCH3 is 1. The number of alkyl halides is 3.